The summed E-state index contributed by atoms with van der Waals surface area (Å²) in [5, 5.41) is 8.06. The Morgan fingerprint density at radius 1 is 1.41 bits per heavy atom. The number of methoxy groups -OCH3 is 1. The third-order valence-corrected chi connectivity index (χ3v) is 5.41. The topological polar surface area (TPSA) is 83.7 Å². The number of carbonyl (C=O) groups excluding carboxylic acids is 1. The van der Waals surface area contributed by atoms with Crippen LogP contribution in [0.15, 0.2) is 22.7 Å². The minimum absolute atomic E-state index is 0.0169. The number of likely N-dealkylation sites (N-methyl/N-ethyl adjacent to an activating group) is 1. The van der Waals surface area contributed by atoms with E-state index in [0.717, 1.165) is 19.6 Å². The van der Waals surface area contributed by atoms with E-state index in [9.17, 15) is 4.79 Å². The van der Waals surface area contributed by atoms with Crippen LogP contribution in [0, 0.1) is 0 Å². The van der Waals surface area contributed by atoms with Crippen LogP contribution in [0.5, 0.6) is 5.75 Å². The molecule has 0 radical (unpaired) electrons. The van der Waals surface area contributed by atoms with Crippen molar-refractivity contribution in [3.05, 3.63) is 34.9 Å². The molecule has 0 saturated carbocycles. The Morgan fingerprint density at radius 2 is 2.26 bits per heavy atom. The largest absolute Gasteiger partial charge is 0.495 e. The lowest BCUT2D eigenvalue weighted by Crippen LogP contribution is -2.44. The highest BCUT2D eigenvalue weighted by molar-refractivity contribution is 6.31. The molecular weight excluding hydrogens is 370 g/mol. The second-order valence-electron chi connectivity index (χ2n) is 6.91. The third-order valence-electron chi connectivity index (χ3n) is 5.17. The molecule has 2 aromatic rings. The van der Waals surface area contributed by atoms with Gasteiger partial charge in [-0.2, -0.15) is 4.98 Å². The molecule has 1 N–H and O–H groups in total. The van der Waals surface area contributed by atoms with Gasteiger partial charge in [0.2, 0.25) is 11.8 Å². The molecule has 8 nitrogen and oxygen atoms in total. The smallest absolute Gasteiger partial charge is 0.232 e. The lowest BCUT2D eigenvalue weighted by atomic mass is 10.1. The molecule has 2 aliphatic heterocycles. The van der Waals surface area contributed by atoms with Gasteiger partial charge in [-0.15, -0.1) is 0 Å². The summed E-state index contributed by atoms with van der Waals surface area (Å²) < 4.78 is 10.9. The zero-order chi connectivity index (χ0) is 19.0. The molecule has 0 bridgehead atoms. The summed E-state index contributed by atoms with van der Waals surface area (Å²) in [6.45, 7) is 3.12. The predicted molar refractivity (Wildman–Crippen MR) is 100 cm³/mol. The van der Waals surface area contributed by atoms with Crippen LogP contribution >= 0.6 is 11.6 Å². The van der Waals surface area contributed by atoms with Crippen molar-refractivity contribution in [3.63, 3.8) is 0 Å². The third kappa shape index (κ3) is 3.52. The van der Waals surface area contributed by atoms with Crippen molar-refractivity contribution in [2.45, 2.75) is 18.4 Å². The normalized spacial score (nSPS) is 23.8. The van der Waals surface area contributed by atoms with Crippen molar-refractivity contribution >= 4 is 23.2 Å². The van der Waals surface area contributed by atoms with Crippen molar-refractivity contribution in [2.24, 2.45) is 0 Å². The number of nitrogens with zero attached hydrogens (tertiary/aromatic N) is 4. The van der Waals surface area contributed by atoms with Crippen molar-refractivity contribution in [2.75, 3.05) is 45.2 Å². The Labute approximate surface area is 162 Å². The van der Waals surface area contributed by atoms with Gasteiger partial charge < -0.3 is 19.5 Å². The molecular formula is C18H22ClN5O3. The number of hydrogen-bond donors (Lipinski definition) is 1. The highest BCUT2D eigenvalue weighted by Crippen LogP contribution is 2.37. The number of nitrogens with one attached hydrogen (secondary N) is 1. The first kappa shape index (κ1) is 18.2. The van der Waals surface area contributed by atoms with Crippen LogP contribution in [-0.4, -0.2) is 61.3 Å². The summed E-state index contributed by atoms with van der Waals surface area (Å²) in [4.78, 5) is 21.1. The first-order chi connectivity index (χ1) is 13.1. The number of aromatic nitrogens is 2. The Bertz CT molecular complexity index is 842. The molecule has 1 amide bonds. The zero-order valence-electron chi connectivity index (χ0n) is 15.3. The molecule has 0 spiro atoms. The number of benzene rings is 1. The number of anilines is 1. The summed E-state index contributed by atoms with van der Waals surface area (Å²) in [7, 11) is 3.62. The summed E-state index contributed by atoms with van der Waals surface area (Å²) in [5.74, 6) is 1.60. The average molecular weight is 392 g/mol. The first-order valence-corrected chi connectivity index (χ1v) is 9.33. The van der Waals surface area contributed by atoms with Crippen molar-refractivity contribution in [1.82, 2.24) is 20.4 Å². The fourth-order valence-corrected chi connectivity index (χ4v) is 3.79. The highest BCUT2D eigenvalue weighted by atomic mass is 35.5. The van der Waals surface area contributed by atoms with Crippen LogP contribution in [0.25, 0.3) is 0 Å². The molecule has 1 aromatic heterocycles. The van der Waals surface area contributed by atoms with Gasteiger partial charge in [0.25, 0.3) is 0 Å². The van der Waals surface area contributed by atoms with E-state index < -0.39 is 0 Å². The van der Waals surface area contributed by atoms with Crippen LogP contribution in [-0.2, 0) is 4.79 Å². The van der Waals surface area contributed by atoms with Gasteiger partial charge in [-0.05, 0) is 25.2 Å². The van der Waals surface area contributed by atoms with Gasteiger partial charge in [-0.1, -0.05) is 16.8 Å². The van der Waals surface area contributed by atoms with Crippen molar-refractivity contribution < 1.29 is 14.1 Å². The fourth-order valence-electron chi connectivity index (χ4n) is 3.62. The quantitative estimate of drug-likeness (QED) is 0.851. The minimum Gasteiger partial charge on any atom is -0.495 e. The maximum atomic E-state index is 12.6. The molecule has 2 aliphatic rings. The van der Waals surface area contributed by atoms with E-state index in [1.807, 2.05) is 7.05 Å². The Hall–Kier alpha value is -2.16. The van der Waals surface area contributed by atoms with E-state index >= 15 is 0 Å². The van der Waals surface area contributed by atoms with Gasteiger partial charge >= 0.3 is 0 Å². The van der Waals surface area contributed by atoms with Crippen molar-refractivity contribution in [1.29, 1.82) is 0 Å². The maximum absolute atomic E-state index is 12.6. The predicted octanol–water partition coefficient (Wildman–Crippen LogP) is 1.83. The zero-order valence-corrected chi connectivity index (χ0v) is 16.1. The van der Waals surface area contributed by atoms with Crippen LogP contribution in [0.4, 0.5) is 5.69 Å². The number of carbonyl (C=O) groups is 1. The molecule has 2 unspecified atom stereocenters. The van der Waals surface area contributed by atoms with E-state index in [-0.39, 0.29) is 17.9 Å². The van der Waals surface area contributed by atoms with Crippen LogP contribution < -0.4 is 15.0 Å². The number of rotatable bonds is 4. The Morgan fingerprint density at radius 3 is 3.04 bits per heavy atom. The summed E-state index contributed by atoms with van der Waals surface area (Å²) in [5.41, 5.74) is 0.661. The molecule has 3 heterocycles. The molecule has 0 aliphatic carbocycles. The summed E-state index contributed by atoms with van der Waals surface area (Å²) in [6, 6.07) is 5.32. The molecule has 2 fully saturated rings. The summed E-state index contributed by atoms with van der Waals surface area (Å²) in [6.07, 6.45) is 0.316. The number of hydrogen-bond acceptors (Lipinski definition) is 7. The van der Waals surface area contributed by atoms with Gasteiger partial charge in [-0.3, -0.25) is 9.69 Å². The van der Waals surface area contributed by atoms with Gasteiger partial charge in [0.15, 0.2) is 5.82 Å². The molecule has 1 aromatic carbocycles. The lowest BCUT2D eigenvalue weighted by molar-refractivity contribution is -0.117. The molecule has 144 valence electrons. The van der Waals surface area contributed by atoms with E-state index in [4.69, 9.17) is 20.9 Å². The number of halogens is 1. The molecule has 27 heavy (non-hydrogen) atoms. The second-order valence-corrected chi connectivity index (χ2v) is 7.35. The van der Waals surface area contributed by atoms with Crippen LogP contribution in [0.3, 0.4) is 0 Å². The fraction of sp³-hybridized carbons (Fsp3) is 0.500. The Kier molecular flexibility index (Phi) is 5.03. The Balaban J connectivity index is 1.54. The van der Waals surface area contributed by atoms with Gasteiger partial charge in [0.05, 0.1) is 24.8 Å². The number of piperazine rings is 1. The standard InChI is InChI=1S/C18H22ClN5O3/c1-23-6-5-20-9-14(23)17-21-18(27-22-17)11-7-16(25)24(10-11)13-8-12(19)3-4-15(13)26-2/h3-4,8,11,14,20H,5-7,9-10H2,1-2H3. The summed E-state index contributed by atoms with van der Waals surface area (Å²) >= 11 is 6.11. The van der Waals surface area contributed by atoms with E-state index in [0.29, 0.717) is 41.1 Å². The average Bonchev–Trinajstić information content (AvgIpc) is 3.29. The van der Waals surface area contributed by atoms with Gasteiger partial charge in [-0.25, -0.2) is 0 Å². The van der Waals surface area contributed by atoms with Crippen LogP contribution in [0.2, 0.25) is 5.02 Å². The van der Waals surface area contributed by atoms with Gasteiger partial charge in [0, 0.05) is 37.6 Å². The highest BCUT2D eigenvalue weighted by Gasteiger charge is 2.37. The monoisotopic (exact) mass is 391 g/mol. The molecule has 9 heteroatoms. The van der Waals surface area contributed by atoms with E-state index in [1.54, 1.807) is 30.2 Å². The van der Waals surface area contributed by atoms with Crippen LogP contribution in [0.1, 0.15) is 30.1 Å². The first-order valence-electron chi connectivity index (χ1n) is 8.95. The number of amides is 1. The second kappa shape index (κ2) is 7.46. The number of ether oxygens (including phenoxy) is 1. The molecule has 4 rings (SSSR count). The SMILES string of the molecule is COc1ccc(Cl)cc1N1CC(c2nc(C3CNCCN3C)no2)CC1=O. The van der Waals surface area contributed by atoms with Crippen molar-refractivity contribution in [3.8, 4) is 5.75 Å². The maximum Gasteiger partial charge on any atom is 0.232 e. The van der Waals surface area contributed by atoms with E-state index in [1.165, 1.54) is 0 Å². The minimum atomic E-state index is -0.149. The lowest BCUT2D eigenvalue weighted by Gasteiger charge is -2.30. The van der Waals surface area contributed by atoms with E-state index in [2.05, 4.69) is 20.4 Å². The molecule has 2 atom stereocenters. The van der Waals surface area contributed by atoms with Gasteiger partial charge in [0.1, 0.15) is 5.75 Å². The molecule has 2 saturated heterocycles.